The van der Waals surface area contributed by atoms with Crippen LogP contribution in [0.3, 0.4) is 0 Å². The molecule has 0 aliphatic carbocycles. The van der Waals surface area contributed by atoms with Gasteiger partial charge in [-0.3, -0.25) is 4.90 Å². The molecule has 1 fully saturated rings. The van der Waals surface area contributed by atoms with E-state index in [2.05, 4.69) is 42.8 Å². The molecule has 1 aromatic carbocycles. The molecule has 0 radical (unpaired) electrons. The Hall–Kier alpha value is -0.810. The van der Waals surface area contributed by atoms with E-state index in [1.807, 2.05) is 12.1 Å². The fourth-order valence-electron chi connectivity index (χ4n) is 3.52. The second-order valence-electron chi connectivity index (χ2n) is 6.68. The number of hydrogen-bond donors (Lipinski definition) is 1. The predicted octanol–water partition coefficient (Wildman–Crippen LogP) is -0.811. The first-order chi connectivity index (χ1) is 10.5. The Balaban J connectivity index is 0.00000264. The summed E-state index contributed by atoms with van der Waals surface area (Å²) in [7, 11) is 3.94. The maximum atomic E-state index is 5.87. The summed E-state index contributed by atoms with van der Waals surface area (Å²) >= 11 is 0. The quantitative estimate of drug-likeness (QED) is 0.735. The highest BCUT2D eigenvalue weighted by Gasteiger charge is 2.32. The molecule has 2 N–H and O–H groups in total. The Morgan fingerprint density at radius 1 is 1.26 bits per heavy atom. The molecule has 0 amide bonds. The van der Waals surface area contributed by atoms with Crippen molar-refractivity contribution in [2.75, 3.05) is 33.8 Å². The zero-order valence-corrected chi connectivity index (χ0v) is 15.6. The minimum atomic E-state index is 0. The average Bonchev–Trinajstić information content (AvgIpc) is 2.51. The summed E-state index contributed by atoms with van der Waals surface area (Å²) in [6.45, 7) is 8.49. The van der Waals surface area contributed by atoms with Crippen LogP contribution in [0.2, 0.25) is 0 Å². The second kappa shape index (κ2) is 9.48. The van der Waals surface area contributed by atoms with Crippen LogP contribution in [0.15, 0.2) is 24.3 Å². The van der Waals surface area contributed by atoms with Gasteiger partial charge in [0.1, 0.15) is 5.75 Å². The summed E-state index contributed by atoms with van der Waals surface area (Å²) < 4.78 is 5.24. The number of benzene rings is 1. The first-order valence-electron chi connectivity index (χ1n) is 8.32. The molecule has 4 nitrogen and oxygen atoms in total. The van der Waals surface area contributed by atoms with Gasteiger partial charge in [0.15, 0.2) is 0 Å². The lowest BCUT2D eigenvalue weighted by Gasteiger charge is -2.45. The van der Waals surface area contributed by atoms with E-state index in [0.29, 0.717) is 24.5 Å². The average molecular weight is 341 g/mol. The number of piperidine rings is 1. The van der Waals surface area contributed by atoms with Crippen LogP contribution in [0.25, 0.3) is 0 Å². The van der Waals surface area contributed by atoms with Gasteiger partial charge < -0.3 is 27.8 Å². The van der Waals surface area contributed by atoms with Gasteiger partial charge in [-0.25, -0.2) is 0 Å². The molecule has 23 heavy (non-hydrogen) atoms. The van der Waals surface area contributed by atoms with E-state index in [4.69, 9.17) is 10.5 Å². The van der Waals surface area contributed by atoms with Crippen molar-refractivity contribution in [2.24, 2.45) is 11.7 Å². The van der Waals surface area contributed by atoms with E-state index in [0.717, 1.165) is 25.4 Å². The van der Waals surface area contributed by atoms with Crippen molar-refractivity contribution in [1.82, 2.24) is 9.80 Å². The monoisotopic (exact) mass is 340 g/mol. The van der Waals surface area contributed by atoms with Crippen molar-refractivity contribution < 1.29 is 17.1 Å². The van der Waals surface area contributed by atoms with Crippen LogP contribution in [0.5, 0.6) is 5.75 Å². The van der Waals surface area contributed by atoms with Gasteiger partial charge in [0.25, 0.3) is 0 Å². The smallest absolute Gasteiger partial charge is 0.118 e. The summed E-state index contributed by atoms with van der Waals surface area (Å²) in [4.78, 5) is 5.03. The van der Waals surface area contributed by atoms with Crippen LogP contribution in [-0.2, 0) is 6.54 Å². The number of likely N-dealkylation sites (tertiary alicyclic amines) is 1. The highest BCUT2D eigenvalue weighted by molar-refractivity contribution is 5.27. The maximum Gasteiger partial charge on any atom is 0.118 e. The summed E-state index contributed by atoms with van der Waals surface area (Å²) in [5.74, 6) is 1.58. The molecule has 132 valence electrons. The standard InChI is InChI=1S/C18H31N3O.ClH/c1-14-12-20(3)15(2)11-18(14)21(10-9-19)13-16-5-7-17(22-4)8-6-16;/h5-8,14-15,18H,9-13,19H2,1-4H3;1H/p-1. The van der Waals surface area contributed by atoms with Crippen molar-refractivity contribution in [3.05, 3.63) is 29.8 Å². The molecule has 0 aromatic heterocycles. The highest BCUT2D eigenvalue weighted by atomic mass is 35.5. The molecular weight excluding hydrogens is 310 g/mol. The van der Waals surface area contributed by atoms with E-state index in [1.54, 1.807) is 7.11 Å². The number of nitrogens with two attached hydrogens (primary N) is 1. The Morgan fingerprint density at radius 2 is 1.91 bits per heavy atom. The third-order valence-corrected chi connectivity index (χ3v) is 5.00. The van der Waals surface area contributed by atoms with Crippen LogP contribution < -0.4 is 22.9 Å². The van der Waals surface area contributed by atoms with Gasteiger partial charge in [-0.2, -0.15) is 0 Å². The third kappa shape index (κ3) is 5.35. The van der Waals surface area contributed by atoms with E-state index in [-0.39, 0.29) is 12.4 Å². The van der Waals surface area contributed by atoms with Gasteiger partial charge in [-0.1, -0.05) is 19.1 Å². The highest BCUT2D eigenvalue weighted by Crippen LogP contribution is 2.26. The van der Waals surface area contributed by atoms with Gasteiger partial charge in [0, 0.05) is 38.3 Å². The number of ether oxygens (including phenoxy) is 1. The minimum absolute atomic E-state index is 0. The molecule has 5 heteroatoms. The zero-order valence-electron chi connectivity index (χ0n) is 14.8. The Bertz CT molecular complexity index is 454. The molecular formula is C18H31ClN3O-. The van der Waals surface area contributed by atoms with Gasteiger partial charge in [0.05, 0.1) is 7.11 Å². The van der Waals surface area contributed by atoms with Gasteiger partial charge in [-0.05, 0) is 44.0 Å². The van der Waals surface area contributed by atoms with Crippen LogP contribution in [0.1, 0.15) is 25.8 Å². The van der Waals surface area contributed by atoms with Crippen LogP contribution in [0, 0.1) is 5.92 Å². The van der Waals surface area contributed by atoms with Crippen molar-refractivity contribution in [2.45, 2.75) is 38.9 Å². The van der Waals surface area contributed by atoms with Gasteiger partial charge in [-0.15, -0.1) is 0 Å². The van der Waals surface area contributed by atoms with E-state index in [1.165, 1.54) is 12.0 Å². The van der Waals surface area contributed by atoms with E-state index in [9.17, 15) is 0 Å². The largest absolute Gasteiger partial charge is 1.00 e. The minimum Gasteiger partial charge on any atom is -1.00 e. The molecule has 1 saturated heterocycles. The number of hydrogen-bond acceptors (Lipinski definition) is 4. The van der Waals surface area contributed by atoms with Crippen molar-refractivity contribution in [3.63, 3.8) is 0 Å². The topological polar surface area (TPSA) is 41.7 Å². The fraction of sp³-hybridized carbons (Fsp3) is 0.667. The molecule has 1 aliphatic heterocycles. The summed E-state index contributed by atoms with van der Waals surface area (Å²) in [5, 5.41) is 0. The van der Waals surface area contributed by atoms with Crippen LogP contribution >= 0.6 is 0 Å². The lowest BCUT2D eigenvalue weighted by molar-refractivity contribution is -0.00000522. The molecule has 0 spiro atoms. The molecule has 2 rings (SSSR count). The zero-order chi connectivity index (χ0) is 16.1. The molecule has 1 aliphatic rings. The number of methoxy groups -OCH3 is 1. The SMILES string of the molecule is COc1ccc(CN(CCN)C2CC(C)N(C)CC2C)cc1.[Cl-]. The lowest BCUT2D eigenvalue weighted by atomic mass is 9.88. The molecule has 1 heterocycles. The predicted molar refractivity (Wildman–Crippen MR) is 92.1 cm³/mol. The third-order valence-electron chi connectivity index (χ3n) is 5.00. The number of rotatable bonds is 6. The first kappa shape index (κ1) is 20.2. The molecule has 3 atom stereocenters. The van der Waals surface area contributed by atoms with Crippen molar-refractivity contribution >= 4 is 0 Å². The molecule has 3 unspecified atom stereocenters. The summed E-state index contributed by atoms with van der Waals surface area (Å²) in [5.41, 5.74) is 7.20. The molecule has 0 saturated carbocycles. The Kier molecular flexibility index (Phi) is 8.34. The summed E-state index contributed by atoms with van der Waals surface area (Å²) in [6.07, 6.45) is 1.22. The summed E-state index contributed by atoms with van der Waals surface area (Å²) in [6, 6.07) is 9.64. The Labute approximate surface area is 147 Å². The van der Waals surface area contributed by atoms with Gasteiger partial charge in [0.2, 0.25) is 0 Å². The lowest BCUT2D eigenvalue weighted by Crippen LogP contribution is -3.00. The number of nitrogens with zero attached hydrogens (tertiary/aromatic N) is 2. The van der Waals surface area contributed by atoms with E-state index < -0.39 is 0 Å². The maximum absolute atomic E-state index is 5.87. The van der Waals surface area contributed by atoms with Crippen LogP contribution in [0.4, 0.5) is 0 Å². The Morgan fingerprint density at radius 3 is 2.48 bits per heavy atom. The molecule has 0 bridgehead atoms. The normalized spacial score (nSPS) is 25.2. The van der Waals surface area contributed by atoms with Crippen molar-refractivity contribution in [3.8, 4) is 5.75 Å². The molecule has 1 aromatic rings. The van der Waals surface area contributed by atoms with E-state index >= 15 is 0 Å². The first-order valence-corrected chi connectivity index (χ1v) is 8.32. The van der Waals surface area contributed by atoms with Crippen molar-refractivity contribution in [1.29, 1.82) is 0 Å². The van der Waals surface area contributed by atoms with Gasteiger partial charge >= 0.3 is 0 Å². The second-order valence-corrected chi connectivity index (χ2v) is 6.68. The fourth-order valence-corrected chi connectivity index (χ4v) is 3.52. The number of halogens is 1. The van der Waals surface area contributed by atoms with Crippen LogP contribution in [-0.4, -0.2) is 55.7 Å².